The van der Waals surface area contributed by atoms with E-state index in [9.17, 15) is 5.11 Å². The number of nitrogens with zero attached hydrogens (tertiary/aromatic N) is 3. The van der Waals surface area contributed by atoms with Crippen LogP contribution in [0.15, 0.2) is 0 Å². The number of aliphatic hydroxyl groups excluding tert-OH is 1. The molecule has 1 aromatic rings. The number of methoxy groups -OCH3 is 1. The number of hydrogen-bond donors (Lipinski definition) is 1. The van der Waals surface area contributed by atoms with Gasteiger partial charge in [0.15, 0.2) is 0 Å². The molecule has 1 aromatic heterocycles. The van der Waals surface area contributed by atoms with Gasteiger partial charge in [0.25, 0.3) is 0 Å². The maximum Gasteiger partial charge on any atom is 0.135 e. The van der Waals surface area contributed by atoms with Crippen LogP contribution in [-0.4, -0.2) is 39.7 Å². The summed E-state index contributed by atoms with van der Waals surface area (Å²) in [5.74, 6) is 1.94. The molecule has 0 spiro atoms. The highest BCUT2D eigenvalue weighted by Crippen LogP contribution is 2.15. The Hall–Kier alpha value is -0.940. The Kier molecular flexibility index (Phi) is 3.33. The van der Waals surface area contributed by atoms with E-state index in [0.717, 1.165) is 44.1 Å². The van der Waals surface area contributed by atoms with Crippen LogP contribution in [0.3, 0.4) is 0 Å². The molecule has 0 aliphatic carbocycles. The van der Waals surface area contributed by atoms with Gasteiger partial charge in [-0.1, -0.05) is 0 Å². The maximum absolute atomic E-state index is 9.48. The fourth-order valence-electron chi connectivity index (χ4n) is 1.93. The lowest BCUT2D eigenvalue weighted by Gasteiger charge is -2.19. The van der Waals surface area contributed by atoms with Crippen molar-refractivity contribution in [2.45, 2.75) is 38.3 Å². The summed E-state index contributed by atoms with van der Waals surface area (Å²) in [4.78, 5) is 0. The summed E-state index contributed by atoms with van der Waals surface area (Å²) in [5.41, 5.74) is 0. The van der Waals surface area contributed by atoms with Crippen molar-refractivity contribution >= 4 is 0 Å². The minimum Gasteiger partial charge on any atom is -0.393 e. The molecule has 0 aromatic carbocycles. The number of rotatable bonds is 4. The lowest BCUT2D eigenvalue weighted by atomic mass is 10.1. The summed E-state index contributed by atoms with van der Waals surface area (Å²) >= 11 is 0. The fraction of sp³-hybridized carbons (Fsp3) is 0.800. The molecule has 1 unspecified atom stereocenters. The predicted octanol–water partition coefficient (Wildman–Crippen LogP) is 0.164. The molecule has 5 heteroatoms. The zero-order chi connectivity index (χ0) is 10.7. The number of aryl methyl sites for hydroxylation is 1. The lowest BCUT2D eigenvalue weighted by Crippen LogP contribution is -2.24. The van der Waals surface area contributed by atoms with Crippen molar-refractivity contribution < 1.29 is 9.84 Å². The second kappa shape index (κ2) is 4.72. The molecule has 15 heavy (non-hydrogen) atoms. The summed E-state index contributed by atoms with van der Waals surface area (Å²) in [7, 11) is 1.70. The summed E-state index contributed by atoms with van der Waals surface area (Å²) in [5, 5.41) is 17.7. The Morgan fingerprint density at radius 2 is 2.40 bits per heavy atom. The van der Waals surface area contributed by atoms with Crippen molar-refractivity contribution in [3.63, 3.8) is 0 Å². The summed E-state index contributed by atoms with van der Waals surface area (Å²) < 4.78 is 7.13. The van der Waals surface area contributed by atoms with Crippen LogP contribution in [0.4, 0.5) is 0 Å². The maximum atomic E-state index is 9.48. The molecule has 2 rings (SSSR count). The molecule has 1 N–H and O–H groups in total. The highest BCUT2D eigenvalue weighted by atomic mass is 16.5. The van der Waals surface area contributed by atoms with Gasteiger partial charge in [-0.15, -0.1) is 10.2 Å². The van der Waals surface area contributed by atoms with E-state index < -0.39 is 0 Å². The minimum absolute atomic E-state index is 0.242. The van der Waals surface area contributed by atoms with Crippen molar-refractivity contribution in [1.82, 2.24) is 14.8 Å². The molecule has 2 heterocycles. The van der Waals surface area contributed by atoms with Gasteiger partial charge >= 0.3 is 0 Å². The van der Waals surface area contributed by atoms with E-state index in [1.165, 1.54) is 0 Å². The highest BCUT2D eigenvalue weighted by Gasteiger charge is 2.20. The molecule has 1 atom stereocenters. The molecular formula is C10H17N3O2. The Labute approximate surface area is 89.1 Å². The summed E-state index contributed by atoms with van der Waals surface area (Å²) in [6.45, 7) is 1.59. The van der Waals surface area contributed by atoms with Gasteiger partial charge in [0.1, 0.15) is 11.6 Å². The first kappa shape index (κ1) is 10.6. The number of ether oxygens (including phenoxy) is 1. The van der Waals surface area contributed by atoms with Crippen LogP contribution in [0.2, 0.25) is 0 Å². The van der Waals surface area contributed by atoms with E-state index in [-0.39, 0.29) is 6.10 Å². The first-order chi connectivity index (χ1) is 7.31. The fourth-order valence-corrected chi connectivity index (χ4v) is 1.93. The molecule has 0 saturated heterocycles. The van der Waals surface area contributed by atoms with Crippen LogP contribution < -0.4 is 0 Å². The van der Waals surface area contributed by atoms with Gasteiger partial charge in [-0.2, -0.15) is 0 Å². The van der Waals surface area contributed by atoms with Crippen molar-refractivity contribution in [3.8, 4) is 0 Å². The van der Waals surface area contributed by atoms with Gasteiger partial charge in [0.05, 0.1) is 6.10 Å². The molecule has 0 amide bonds. The monoisotopic (exact) mass is 211 g/mol. The van der Waals surface area contributed by atoms with Gasteiger partial charge in [0, 0.05) is 33.1 Å². The number of hydrogen-bond acceptors (Lipinski definition) is 4. The highest BCUT2D eigenvalue weighted by molar-refractivity contribution is 5.00. The normalized spacial score (nSPS) is 20.3. The molecular weight excluding hydrogens is 194 g/mol. The van der Waals surface area contributed by atoms with E-state index >= 15 is 0 Å². The molecule has 0 saturated carbocycles. The zero-order valence-electron chi connectivity index (χ0n) is 9.02. The zero-order valence-corrected chi connectivity index (χ0v) is 9.02. The molecule has 5 nitrogen and oxygen atoms in total. The first-order valence-electron chi connectivity index (χ1n) is 5.39. The SMILES string of the molecule is COCCCc1nnc2n1CCC(O)C2. The van der Waals surface area contributed by atoms with E-state index in [1.54, 1.807) is 7.11 Å². The van der Waals surface area contributed by atoms with Gasteiger partial charge in [0.2, 0.25) is 0 Å². The average molecular weight is 211 g/mol. The topological polar surface area (TPSA) is 60.2 Å². The Balaban J connectivity index is 2.01. The Bertz CT molecular complexity index is 324. The number of aliphatic hydroxyl groups is 1. The quantitative estimate of drug-likeness (QED) is 0.721. The predicted molar refractivity (Wildman–Crippen MR) is 54.5 cm³/mol. The van der Waals surface area contributed by atoms with Crippen molar-refractivity contribution in [3.05, 3.63) is 11.6 Å². The van der Waals surface area contributed by atoms with E-state index in [1.807, 2.05) is 0 Å². The third kappa shape index (κ3) is 2.35. The lowest BCUT2D eigenvalue weighted by molar-refractivity contribution is 0.140. The van der Waals surface area contributed by atoms with Crippen molar-refractivity contribution in [2.24, 2.45) is 0 Å². The molecule has 0 fully saturated rings. The number of aromatic nitrogens is 3. The van der Waals surface area contributed by atoms with Crippen LogP contribution in [0, 0.1) is 0 Å². The van der Waals surface area contributed by atoms with Crippen LogP contribution in [0.25, 0.3) is 0 Å². The average Bonchev–Trinajstić information content (AvgIpc) is 2.61. The van der Waals surface area contributed by atoms with Gasteiger partial charge < -0.3 is 14.4 Å². The van der Waals surface area contributed by atoms with Crippen LogP contribution in [0.5, 0.6) is 0 Å². The van der Waals surface area contributed by atoms with Crippen LogP contribution in [0.1, 0.15) is 24.5 Å². The van der Waals surface area contributed by atoms with Gasteiger partial charge in [-0.25, -0.2) is 0 Å². The molecule has 1 aliphatic heterocycles. The molecule has 84 valence electrons. The van der Waals surface area contributed by atoms with Crippen LogP contribution >= 0.6 is 0 Å². The second-order valence-electron chi connectivity index (χ2n) is 3.93. The molecule has 0 bridgehead atoms. The smallest absolute Gasteiger partial charge is 0.135 e. The largest absolute Gasteiger partial charge is 0.393 e. The number of fused-ring (bicyclic) bond motifs is 1. The van der Waals surface area contributed by atoms with E-state index in [2.05, 4.69) is 14.8 Å². The van der Waals surface area contributed by atoms with Crippen LogP contribution in [-0.2, 0) is 24.1 Å². The van der Waals surface area contributed by atoms with Gasteiger partial charge in [-0.3, -0.25) is 0 Å². The second-order valence-corrected chi connectivity index (χ2v) is 3.93. The Morgan fingerprint density at radius 1 is 1.53 bits per heavy atom. The van der Waals surface area contributed by atoms with Gasteiger partial charge in [-0.05, 0) is 12.8 Å². The third-order valence-corrected chi connectivity index (χ3v) is 2.76. The Morgan fingerprint density at radius 3 is 3.20 bits per heavy atom. The third-order valence-electron chi connectivity index (χ3n) is 2.76. The molecule has 0 radical (unpaired) electrons. The van der Waals surface area contributed by atoms with Crippen molar-refractivity contribution in [2.75, 3.05) is 13.7 Å². The van der Waals surface area contributed by atoms with E-state index in [4.69, 9.17) is 4.74 Å². The van der Waals surface area contributed by atoms with Crippen molar-refractivity contribution in [1.29, 1.82) is 0 Å². The first-order valence-corrected chi connectivity index (χ1v) is 5.39. The summed E-state index contributed by atoms with van der Waals surface area (Å²) in [6.07, 6.45) is 3.07. The summed E-state index contributed by atoms with van der Waals surface area (Å²) in [6, 6.07) is 0. The van der Waals surface area contributed by atoms with E-state index in [0.29, 0.717) is 6.42 Å². The minimum atomic E-state index is -0.242. The molecule has 1 aliphatic rings. The standard InChI is InChI=1S/C10H17N3O2/c1-15-6-2-3-9-11-12-10-7-8(14)4-5-13(9)10/h8,14H,2-7H2,1H3.